The lowest BCUT2D eigenvalue weighted by Crippen LogP contribution is -2.49. The van der Waals surface area contributed by atoms with Gasteiger partial charge in [0.25, 0.3) is 0 Å². The van der Waals surface area contributed by atoms with Gasteiger partial charge < -0.3 is 10.1 Å². The molecule has 0 saturated carbocycles. The lowest BCUT2D eigenvalue weighted by atomic mass is 10.2. The summed E-state index contributed by atoms with van der Waals surface area (Å²) in [5.41, 5.74) is 0.433. The van der Waals surface area contributed by atoms with E-state index in [1.807, 2.05) is 20.8 Å². The minimum atomic E-state index is -3.60. The Bertz CT molecular complexity index is 613. The first-order valence-electron chi connectivity index (χ1n) is 7.73. The Morgan fingerprint density at radius 3 is 2.22 bits per heavy atom. The Labute approximate surface area is 138 Å². The first kappa shape index (κ1) is 19.3. The molecule has 0 aromatic heterocycles. The molecule has 1 N–H and O–H groups in total. The van der Waals surface area contributed by atoms with E-state index < -0.39 is 16.1 Å². The van der Waals surface area contributed by atoms with Crippen LogP contribution < -0.4 is 14.4 Å². The number of benzene rings is 1. The van der Waals surface area contributed by atoms with E-state index in [0.29, 0.717) is 18.0 Å². The highest BCUT2D eigenvalue weighted by atomic mass is 32.2. The van der Waals surface area contributed by atoms with Crippen LogP contribution in [0, 0.1) is 0 Å². The monoisotopic (exact) mass is 342 g/mol. The third-order valence-corrected chi connectivity index (χ3v) is 4.73. The van der Waals surface area contributed by atoms with Gasteiger partial charge in [-0.2, -0.15) is 0 Å². The van der Waals surface area contributed by atoms with Crippen LogP contribution in [0.25, 0.3) is 0 Å². The number of sulfonamides is 1. The van der Waals surface area contributed by atoms with Gasteiger partial charge in [0.05, 0.1) is 18.6 Å². The highest BCUT2D eigenvalue weighted by Crippen LogP contribution is 2.24. The fourth-order valence-corrected chi connectivity index (χ4v) is 3.31. The minimum absolute atomic E-state index is 0.00769. The Kier molecular flexibility index (Phi) is 6.87. The lowest BCUT2D eigenvalue weighted by molar-refractivity contribution is -0.122. The van der Waals surface area contributed by atoms with E-state index in [1.54, 1.807) is 31.2 Å². The van der Waals surface area contributed by atoms with Crippen LogP contribution in [0.4, 0.5) is 5.69 Å². The summed E-state index contributed by atoms with van der Waals surface area (Å²) in [4.78, 5) is 12.3. The predicted molar refractivity (Wildman–Crippen MR) is 92.3 cm³/mol. The number of nitrogens with zero attached hydrogens (tertiary/aromatic N) is 1. The number of anilines is 1. The SMILES string of the molecule is CCOc1ccc(N([C@H](C)C(=O)N[C@@H](C)CC)S(C)(=O)=O)cc1. The van der Waals surface area contributed by atoms with Gasteiger partial charge in [-0.25, -0.2) is 8.42 Å². The Morgan fingerprint density at radius 2 is 1.78 bits per heavy atom. The molecule has 0 aliphatic rings. The van der Waals surface area contributed by atoms with E-state index in [4.69, 9.17) is 4.74 Å². The molecular formula is C16H26N2O4S. The summed E-state index contributed by atoms with van der Waals surface area (Å²) in [6.45, 7) is 7.82. The number of ether oxygens (including phenoxy) is 1. The van der Waals surface area contributed by atoms with Gasteiger partial charge in [0.15, 0.2) is 0 Å². The summed E-state index contributed by atoms with van der Waals surface area (Å²) < 4.78 is 30.8. The van der Waals surface area contributed by atoms with Crippen molar-refractivity contribution in [1.82, 2.24) is 5.32 Å². The molecule has 0 saturated heterocycles. The first-order valence-corrected chi connectivity index (χ1v) is 9.58. The predicted octanol–water partition coefficient (Wildman–Crippen LogP) is 2.15. The van der Waals surface area contributed by atoms with Crippen LogP contribution in [0.15, 0.2) is 24.3 Å². The zero-order valence-electron chi connectivity index (χ0n) is 14.4. The van der Waals surface area contributed by atoms with Crippen LogP contribution in [0.3, 0.4) is 0 Å². The summed E-state index contributed by atoms with van der Waals surface area (Å²) in [6, 6.07) is 5.81. The topological polar surface area (TPSA) is 75.7 Å². The smallest absolute Gasteiger partial charge is 0.243 e. The standard InChI is InChI=1S/C16H26N2O4S/c1-6-12(3)17-16(19)13(4)18(23(5,20)21)14-8-10-15(11-9-14)22-7-2/h8-13H,6-7H2,1-5H3,(H,17,19)/t12-,13+/m0/s1. The summed E-state index contributed by atoms with van der Waals surface area (Å²) in [6.07, 6.45) is 1.87. The molecule has 0 aliphatic carbocycles. The molecule has 2 atom stereocenters. The quantitative estimate of drug-likeness (QED) is 0.785. The van der Waals surface area contributed by atoms with Crippen molar-refractivity contribution in [3.63, 3.8) is 0 Å². The van der Waals surface area contributed by atoms with Crippen molar-refractivity contribution in [1.29, 1.82) is 0 Å². The average Bonchev–Trinajstić information content (AvgIpc) is 2.47. The number of hydrogen-bond donors (Lipinski definition) is 1. The van der Waals surface area contributed by atoms with Crippen molar-refractivity contribution < 1.29 is 17.9 Å². The third kappa shape index (κ3) is 5.42. The number of nitrogens with one attached hydrogen (secondary N) is 1. The van der Waals surface area contributed by atoms with Crippen molar-refractivity contribution in [2.45, 2.75) is 46.2 Å². The second-order valence-electron chi connectivity index (χ2n) is 5.48. The number of carbonyl (C=O) groups excluding carboxylic acids is 1. The van der Waals surface area contributed by atoms with Crippen molar-refractivity contribution in [2.24, 2.45) is 0 Å². The number of carbonyl (C=O) groups is 1. The Balaban J connectivity index is 3.07. The van der Waals surface area contributed by atoms with Gasteiger partial charge in [-0.1, -0.05) is 6.92 Å². The Morgan fingerprint density at radius 1 is 1.22 bits per heavy atom. The summed E-state index contributed by atoms with van der Waals surface area (Å²) in [7, 11) is -3.60. The second kappa shape index (κ2) is 8.19. The molecule has 1 rings (SSSR count). The molecular weight excluding hydrogens is 316 g/mol. The van der Waals surface area contributed by atoms with Gasteiger partial charge in [0, 0.05) is 6.04 Å². The molecule has 0 aliphatic heterocycles. The van der Waals surface area contributed by atoms with Gasteiger partial charge in [-0.05, 0) is 51.5 Å². The lowest BCUT2D eigenvalue weighted by Gasteiger charge is -2.29. The molecule has 1 aromatic carbocycles. The number of rotatable bonds is 8. The zero-order valence-corrected chi connectivity index (χ0v) is 15.2. The molecule has 1 amide bonds. The summed E-state index contributed by atoms with van der Waals surface area (Å²) in [5, 5.41) is 2.81. The molecule has 0 bridgehead atoms. The molecule has 23 heavy (non-hydrogen) atoms. The Hall–Kier alpha value is -1.76. The highest BCUT2D eigenvalue weighted by molar-refractivity contribution is 7.92. The largest absolute Gasteiger partial charge is 0.494 e. The maximum absolute atomic E-state index is 12.3. The fourth-order valence-electron chi connectivity index (χ4n) is 2.13. The molecule has 1 aromatic rings. The van der Waals surface area contributed by atoms with Crippen LogP contribution >= 0.6 is 0 Å². The maximum atomic E-state index is 12.3. The van der Waals surface area contributed by atoms with Crippen LogP contribution in [0.1, 0.15) is 34.1 Å². The van der Waals surface area contributed by atoms with Crippen LogP contribution in [-0.2, 0) is 14.8 Å². The van der Waals surface area contributed by atoms with Gasteiger partial charge in [-0.3, -0.25) is 9.10 Å². The molecule has 0 heterocycles. The minimum Gasteiger partial charge on any atom is -0.494 e. The molecule has 130 valence electrons. The molecule has 6 nitrogen and oxygen atoms in total. The van der Waals surface area contributed by atoms with Crippen LogP contribution in [0.5, 0.6) is 5.75 Å². The zero-order chi connectivity index (χ0) is 17.6. The molecule has 0 unspecified atom stereocenters. The van der Waals surface area contributed by atoms with E-state index in [-0.39, 0.29) is 11.9 Å². The first-order chi connectivity index (χ1) is 10.7. The van der Waals surface area contributed by atoms with Gasteiger partial charge >= 0.3 is 0 Å². The van der Waals surface area contributed by atoms with Gasteiger partial charge in [0.2, 0.25) is 15.9 Å². The van der Waals surface area contributed by atoms with Crippen molar-refractivity contribution in [2.75, 3.05) is 17.2 Å². The van der Waals surface area contributed by atoms with Crippen LogP contribution in [0.2, 0.25) is 0 Å². The van der Waals surface area contributed by atoms with Gasteiger partial charge in [0.1, 0.15) is 11.8 Å². The molecule has 0 fully saturated rings. The summed E-state index contributed by atoms with van der Waals surface area (Å²) in [5.74, 6) is 0.333. The second-order valence-corrected chi connectivity index (χ2v) is 7.34. The average molecular weight is 342 g/mol. The third-order valence-electron chi connectivity index (χ3n) is 3.49. The van der Waals surface area contributed by atoms with E-state index >= 15 is 0 Å². The fraction of sp³-hybridized carbons (Fsp3) is 0.562. The van der Waals surface area contributed by atoms with Gasteiger partial charge in [-0.15, -0.1) is 0 Å². The highest BCUT2D eigenvalue weighted by Gasteiger charge is 2.29. The van der Waals surface area contributed by atoms with Crippen LogP contribution in [-0.4, -0.2) is 39.3 Å². The molecule has 0 spiro atoms. The molecule has 0 radical (unpaired) electrons. The number of hydrogen-bond acceptors (Lipinski definition) is 4. The van der Waals surface area contributed by atoms with Crippen molar-refractivity contribution in [3.05, 3.63) is 24.3 Å². The van der Waals surface area contributed by atoms with E-state index in [0.717, 1.165) is 17.0 Å². The normalized spacial score (nSPS) is 14.0. The molecule has 7 heteroatoms. The maximum Gasteiger partial charge on any atom is 0.243 e. The van der Waals surface area contributed by atoms with E-state index in [2.05, 4.69) is 5.32 Å². The van der Waals surface area contributed by atoms with E-state index in [1.165, 1.54) is 0 Å². The van der Waals surface area contributed by atoms with E-state index in [9.17, 15) is 13.2 Å². The van der Waals surface area contributed by atoms with Crippen molar-refractivity contribution >= 4 is 21.6 Å². The number of amides is 1. The van der Waals surface area contributed by atoms with Crippen molar-refractivity contribution in [3.8, 4) is 5.75 Å². The summed E-state index contributed by atoms with van der Waals surface area (Å²) >= 11 is 0.